The van der Waals surface area contributed by atoms with Crippen LogP contribution in [-0.4, -0.2) is 65.5 Å². The fourth-order valence-corrected chi connectivity index (χ4v) is 4.29. The van der Waals surface area contributed by atoms with Crippen LogP contribution >= 0.6 is 11.6 Å². The van der Waals surface area contributed by atoms with Crippen LogP contribution in [0.4, 0.5) is 18.9 Å². The number of likely N-dealkylation sites (tertiary alicyclic amines) is 1. The molecule has 2 aromatic carbocycles. The highest BCUT2D eigenvalue weighted by Crippen LogP contribution is 2.38. The van der Waals surface area contributed by atoms with Crippen molar-refractivity contribution in [3.05, 3.63) is 47.5 Å². The first-order valence-corrected chi connectivity index (χ1v) is 11.4. The lowest BCUT2D eigenvalue weighted by Crippen LogP contribution is -2.55. The highest BCUT2D eigenvalue weighted by atomic mass is 35.5. The highest BCUT2D eigenvalue weighted by Gasteiger charge is 2.34. The lowest BCUT2D eigenvalue weighted by atomic mass is 10.0. The fraction of sp³-hybridized carbons (Fsp3) is 0.417. The molecule has 11 heteroatoms. The second-order valence-corrected chi connectivity index (χ2v) is 8.76. The van der Waals surface area contributed by atoms with Crippen molar-refractivity contribution in [2.24, 2.45) is 0 Å². The number of amides is 2. The van der Waals surface area contributed by atoms with Crippen LogP contribution in [-0.2, 0) is 9.59 Å². The summed E-state index contributed by atoms with van der Waals surface area (Å²) in [5.41, 5.74) is 0.828. The molecule has 0 spiro atoms. The number of benzene rings is 2. The maximum absolute atomic E-state index is 13.0. The summed E-state index contributed by atoms with van der Waals surface area (Å²) in [5.74, 6) is -0.932. The molecule has 2 unspecified atom stereocenters. The molecule has 2 N–H and O–H groups in total. The molecule has 0 radical (unpaired) electrons. The Hall–Kier alpha value is -2.82. The van der Waals surface area contributed by atoms with Crippen LogP contribution < -0.4 is 10.1 Å². The SMILES string of the molecule is CC(=O)N(C)CC(O)N1CCCCC1C(=O)Nc1ccc(-c2ccccc2OC(F)(F)F)c(Cl)c1. The summed E-state index contributed by atoms with van der Waals surface area (Å²) in [6.45, 7) is 1.97. The van der Waals surface area contributed by atoms with Crippen LogP contribution in [0.2, 0.25) is 5.02 Å². The Labute approximate surface area is 206 Å². The third-order valence-electron chi connectivity index (χ3n) is 5.84. The zero-order valence-corrected chi connectivity index (χ0v) is 20.1. The van der Waals surface area contributed by atoms with E-state index in [0.29, 0.717) is 24.2 Å². The number of nitrogens with one attached hydrogen (secondary N) is 1. The van der Waals surface area contributed by atoms with Gasteiger partial charge in [0.25, 0.3) is 0 Å². The molecule has 7 nitrogen and oxygen atoms in total. The number of aliphatic hydroxyl groups excluding tert-OH is 1. The Bertz CT molecular complexity index is 1070. The molecule has 1 aliphatic rings. The Balaban J connectivity index is 1.76. The molecule has 0 saturated carbocycles. The van der Waals surface area contributed by atoms with E-state index in [4.69, 9.17) is 11.6 Å². The van der Waals surface area contributed by atoms with Gasteiger partial charge in [-0.15, -0.1) is 13.2 Å². The van der Waals surface area contributed by atoms with Gasteiger partial charge in [-0.2, -0.15) is 0 Å². The van der Waals surface area contributed by atoms with Crippen molar-refractivity contribution in [1.82, 2.24) is 9.80 Å². The van der Waals surface area contributed by atoms with Gasteiger partial charge in [-0.1, -0.05) is 42.3 Å². The number of ether oxygens (including phenoxy) is 1. The van der Waals surface area contributed by atoms with Crippen molar-refractivity contribution >= 4 is 29.1 Å². The van der Waals surface area contributed by atoms with Gasteiger partial charge in [-0.25, -0.2) is 0 Å². The lowest BCUT2D eigenvalue weighted by Gasteiger charge is -2.39. The van der Waals surface area contributed by atoms with Gasteiger partial charge in [-0.05, 0) is 31.0 Å². The van der Waals surface area contributed by atoms with Crippen molar-refractivity contribution in [2.45, 2.75) is 44.8 Å². The van der Waals surface area contributed by atoms with Gasteiger partial charge in [-0.3, -0.25) is 14.5 Å². The molecule has 1 fully saturated rings. The number of anilines is 1. The number of carbonyl (C=O) groups excluding carboxylic acids is 2. The number of carbonyl (C=O) groups is 2. The van der Waals surface area contributed by atoms with E-state index >= 15 is 0 Å². The number of aliphatic hydroxyl groups is 1. The molecule has 190 valence electrons. The maximum atomic E-state index is 13.0. The molecule has 1 aliphatic heterocycles. The topological polar surface area (TPSA) is 82.1 Å². The molecule has 3 rings (SSSR count). The van der Waals surface area contributed by atoms with Crippen LogP contribution in [0.1, 0.15) is 26.2 Å². The number of hydrogen-bond acceptors (Lipinski definition) is 5. The summed E-state index contributed by atoms with van der Waals surface area (Å²) in [6, 6.07) is 9.53. The highest BCUT2D eigenvalue weighted by molar-refractivity contribution is 6.33. The second kappa shape index (κ2) is 11.3. The van der Waals surface area contributed by atoms with Crippen molar-refractivity contribution in [3.8, 4) is 16.9 Å². The van der Waals surface area contributed by atoms with Gasteiger partial charge < -0.3 is 20.1 Å². The number of hydrogen-bond donors (Lipinski definition) is 2. The molecule has 2 aromatic rings. The molecule has 1 saturated heterocycles. The molecular weight excluding hydrogens is 487 g/mol. The van der Waals surface area contributed by atoms with Gasteiger partial charge in [0.1, 0.15) is 12.0 Å². The molecule has 2 amide bonds. The predicted octanol–water partition coefficient (Wildman–Crippen LogP) is 4.50. The number of likely N-dealkylation sites (N-methyl/N-ethyl adjacent to an activating group) is 1. The predicted molar refractivity (Wildman–Crippen MR) is 126 cm³/mol. The second-order valence-electron chi connectivity index (χ2n) is 8.36. The summed E-state index contributed by atoms with van der Waals surface area (Å²) < 4.78 is 42.4. The number of rotatable bonds is 7. The van der Waals surface area contributed by atoms with E-state index < -0.39 is 18.6 Å². The molecule has 0 bridgehead atoms. The maximum Gasteiger partial charge on any atom is 0.573 e. The zero-order valence-electron chi connectivity index (χ0n) is 19.3. The average Bonchev–Trinajstić information content (AvgIpc) is 2.78. The summed E-state index contributed by atoms with van der Waals surface area (Å²) in [7, 11) is 1.58. The number of piperidine rings is 1. The van der Waals surface area contributed by atoms with Gasteiger partial charge in [0.2, 0.25) is 11.8 Å². The van der Waals surface area contributed by atoms with E-state index in [1.807, 2.05) is 0 Å². The van der Waals surface area contributed by atoms with Crippen LogP contribution in [0, 0.1) is 0 Å². The lowest BCUT2D eigenvalue weighted by molar-refractivity contribution is -0.274. The smallest absolute Gasteiger partial charge is 0.405 e. The molecule has 0 aromatic heterocycles. The van der Waals surface area contributed by atoms with E-state index in [1.165, 1.54) is 48.2 Å². The quantitative estimate of drug-likeness (QED) is 0.570. The Morgan fingerprint density at radius 1 is 1.23 bits per heavy atom. The minimum absolute atomic E-state index is 0.0685. The Kier molecular flexibility index (Phi) is 8.63. The Morgan fingerprint density at radius 3 is 2.60 bits per heavy atom. The van der Waals surface area contributed by atoms with Crippen LogP contribution in [0.15, 0.2) is 42.5 Å². The minimum atomic E-state index is -4.86. The average molecular weight is 514 g/mol. The van der Waals surface area contributed by atoms with Gasteiger partial charge in [0, 0.05) is 37.3 Å². The van der Waals surface area contributed by atoms with E-state index in [0.717, 1.165) is 12.8 Å². The molecule has 1 heterocycles. The van der Waals surface area contributed by atoms with E-state index in [9.17, 15) is 27.9 Å². The van der Waals surface area contributed by atoms with Crippen LogP contribution in [0.3, 0.4) is 0 Å². The number of nitrogens with zero attached hydrogens (tertiary/aromatic N) is 2. The number of halogens is 4. The fourth-order valence-electron chi connectivity index (χ4n) is 4.01. The molecule has 35 heavy (non-hydrogen) atoms. The molecule has 2 atom stereocenters. The van der Waals surface area contributed by atoms with Crippen LogP contribution in [0.5, 0.6) is 5.75 Å². The van der Waals surface area contributed by atoms with Crippen molar-refractivity contribution in [1.29, 1.82) is 0 Å². The normalized spacial score (nSPS) is 17.5. The van der Waals surface area contributed by atoms with E-state index in [2.05, 4.69) is 10.1 Å². The summed E-state index contributed by atoms with van der Waals surface area (Å²) >= 11 is 6.37. The third kappa shape index (κ3) is 7.09. The van der Waals surface area contributed by atoms with Crippen molar-refractivity contribution in [2.75, 3.05) is 25.5 Å². The van der Waals surface area contributed by atoms with E-state index in [1.54, 1.807) is 18.0 Å². The monoisotopic (exact) mass is 513 g/mol. The third-order valence-corrected chi connectivity index (χ3v) is 6.16. The summed E-state index contributed by atoms with van der Waals surface area (Å²) in [6.07, 6.45) is -3.72. The largest absolute Gasteiger partial charge is 0.573 e. The molecule has 0 aliphatic carbocycles. The van der Waals surface area contributed by atoms with Gasteiger partial charge >= 0.3 is 6.36 Å². The summed E-state index contributed by atoms with van der Waals surface area (Å²) in [4.78, 5) is 27.6. The van der Waals surface area contributed by atoms with Gasteiger partial charge in [0.05, 0.1) is 17.6 Å². The zero-order chi connectivity index (χ0) is 25.8. The van der Waals surface area contributed by atoms with E-state index in [-0.39, 0.29) is 34.7 Å². The standard InChI is InChI=1S/C24H27ClF3N3O4/c1-15(32)30(2)14-22(33)31-12-6-5-8-20(31)23(34)29-16-10-11-17(19(25)13-16)18-7-3-4-9-21(18)35-24(26,27)28/h3-4,7,9-11,13,20,22,33H,5-6,8,12,14H2,1-2H3,(H,29,34). The van der Waals surface area contributed by atoms with Crippen LogP contribution in [0.25, 0.3) is 11.1 Å². The van der Waals surface area contributed by atoms with Crippen molar-refractivity contribution in [3.63, 3.8) is 0 Å². The number of para-hydroxylation sites is 1. The first kappa shape index (κ1) is 26.8. The first-order valence-electron chi connectivity index (χ1n) is 11.1. The first-order chi connectivity index (χ1) is 16.5. The molecular formula is C24H27ClF3N3O4. The summed E-state index contributed by atoms with van der Waals surface area (Å²) in [5, 5.41) is 13.5. The van der Waals surface area contributed by atoms with Gasteiger partial charge in [0.15, 0.2) is 0 Å². The Morgan fingerprint density at radius 2 is 1.94 bits per heavy atom. The number of alkyl halides is 3. The minimum Gasteiger partial charge on any atom is -0.405 e. The van der Waals surface area contributed by atoms with Crippen molar-refractivity contribution < 1.29 is 32.6 Å².